The van der Waals surface area contributed by atoms with Gasteiger partial charge in [0.25, 0.3) is 0 Å². The molecule has 0 aromatic carbocycles. The van der Waals surface area contributed by atoms with Crippen molar-refractivity contribution in [3.8, 4) is 0 Å². The van der Waals surface area contributed by atoms with Gasteiger partial charge in [-0.3, -0.25) is 9.59 Å². The van der Waals surface area contributed by atoms with Gasteiger partial charge in [0, 0.05) is 40.4 Å². The fourth-order valence-corrected chi connectivity index (χ4v) is 5.83. The lowest BCUT2D eigenvalue weighted by atomic mass is 9.83. The van der Waals surface area contributed by atoms with Gasteiger partial charge >= 0.3 is 11.9 Å². The van der Waals surface area contributed by atoms with Crippen LogP contribution in [0.2, 0.25) is 0 Å². The van der Waals surface area contributed by atoms with Gasteiger partial charge in [-0.05, 0) is 38.0 Å². The fraction of sp³-hybridized carbons (Fsp3) is 0.917. The maximum Gasteiger partial charge on any atom is 0.302 e. The molecule has 4 aliphatic rings. The van der Waals surface area contributed by atoms with Crippen molar-refractivity contribution < 1.29 is 42.7 Å². The minimum Gasteiger partial charge on any atom is -0.463 e. The molecule has 4 saturated heterocycles. The zero-order valence-electron chi connectivity index (χ0n) is 20.2. The van der Waals surface area contributed by atoms with Crippen LogP contribution in [-0.2, 0) is 42.7 Å². The summed E-state index contributed by atoms with van der Waals surface area (Å²) in [5.74, 6) is -1.31. The van der Waals surface area contributed by atoms with E-state index in [1.807, 2.05) is 0 Å². The molecule has 33 heavy (non-hydrogen) atoms. The molecule has 4 fully saturated rings. The number of ether oxygens (including phenoxy) is 7. The van der Waals surface area contributed by atoms with Crippen molar-refractivity contribution in [3.05, 3.63) is 0 Å². The van der Waals surface area contributed by atoms with Crippen LogP contribution in [0.4, 0.5) is 0 Å². The Morgan fingerprint density at radius 3 is 2.52 bits per heavy atom. The molecule has 0 aliphatic carbocycles. The molecule has 0 N–H and O–H groups in total. The summed E-state index contributed by atoms with van der Waals surface area (Å²) in [4.78, 5) is 23.1. The highest BCUT2D eigenvalue weighted by atomic mass is 16.7. The number of hydrogen-bond acceptors (Lipinski definition) is 9. The molecule has 0 unspecified atom stereocenters. The van der Waals surface area contributed by atoms with Crippen molar-refractivity contribution in [1.82, 2.24) is 0 Å². The SMILES string of the molecule is CO[C@]12C[C@@H](C)C[C@H]3OCCC[C@@H]3O[C@@H]1C[C@@H]1O[C@H](COC(C)=O)[C@@H](OC(C)=O)CC[C@H]1O2. The van der Waals surface area contributed by atoms with E-state index in [0.717, 1.165) is 25.9 Å². The van der Waals surface area contributed by atoms with Crippen LogP contribution in [0.5, 0.6) is 0 Å². The number of esters is 2. The van der Waals surface area contributed by atoms with Crippen LogP contribution in [0.1, 0.15) is 65.7 Å². The first kappa shape index (κ1) is 24.9. The fourth-order valence-electron chi connectivity index (χ4n) is 5.83. The monoisotopic (exact) mass is 470 g/mol. The Morgan fingerprint density at radius 2 is 1.79 bits per heavy atom. The van der Waals surface area contributed by atoms with E-state index in [2.05, 4.69) is 6.92 Å². The summed E-state index contributed by atoms with van der Waals surface area (Å²) in [7, 11) is 1.68. The summed E-state index contributed by atoms with van der Waals surface area (Å²) in [6.07, 6.45) is 3.45. The van der Waals surface area contributed by atoms with Gasteiger partial charge in [-0.2, -0.15) is 0 Å². The molecule has 0 saturated carbocycles. The molecular formula is C24H38O9. The second-order valence-electron chi connectivity index (χ2n) is 9.91. The Balaban J connectivity index is 1.56. The van der Waals surface area contributed by atoms with E-state index >= 15 is 0 Å². The summed E-state index contributed by atoms with van der Waals surface area (Å²) >= 11 is 0. The Kier molecular flexibility index (Phi) is 7.95. The van der Waals surface area contributed by atoms with Crippen LogP contribution >= 0.6 is 0 Å². The number of methoxy groups -OCH3 is 1. The average molecular weight is 471 g/mol. The molecule has 4 aliphatic heterocycles. The zero-order valence-corrected chi connectivity index (χ0v) is 20.2. The predicted octanol–water partition coefficient (Wildman–Crippen LogP) is 2.52. The molecule has 188 valence electrons. The van der Waals surface area contributed by atoms with Gasteiger partial charge in [-0.15, -0.1) is 0 Å². The summed E-state index contributed by atoms with van der Waals surface area (Å²) < 4.78 is 42.6. The third-order valence-electron chi connectivity index (χ3n) is 7.30. The molecule has 0 radical (unpaired) electrons. The van der Waals surface area contributed by atoms with Crippen LogP contribution in [-0.4, -0.2) is 80.8 Å². The molecule has 9 nitrogen and oxygen atoms in total. The summed E-state index contributed by atoms with van der Waals surface area (Å²) in [6, 6.07) is 0. The Labute approximate surface area is 195 Å². The standard InChI is InChI=1S/C24H38O9/c1-14-10-20-17(6-5-9-28-20)32-23-11-21-19(33-24(23,12-14)27-4)8-7-18(30-16(3)26)22(31-21)13-29-15(2)25/h14,17-23H,5-13H2,1-4H3/t14-,17-,18-,19+,20+,21-,22+,23+,24-/m0/s1. The quantitative estimate of drug-likeness (QED) is 0.574. The molecule has 0 bridgehead atoms. The molecule has 0 aromatic rings. The number of fused-ring (bicyclic) bond motifs is 3. The smallest absolute Gasteiger partial charge is 0.302 e. The first-order valence-electron chi connectivity index (χ1n) is 12.3. The lowest BCUT2D eigenvalue weighted by Crippen LogP contribution is -2.62. The van der Waals surface area contributed by atoms with E-state index < -0.39 is 29.9 Å². The van der Waals surface area contributed by atoms with Gasteiger partial charge < -0.3 is 33.2 Å². The minimum absolute atomic E-state index is 0.00223. The largest absolute Gasteiger partial charge is 0.463 e. The first-order valence-corrected chi connectivity index (χ1v) is 12.3. The van der Waals surface area contributed by atoms with Gasteiger partial charge in [0.2, 0.25) is 0 Å². The highest BCUT2D eigenvalue weighted by Gasteiger charge is 2.55. The van der Waals surface area contributed by atoms with E-state index in [9.17, 15) is 9.59 Å². The van der Waals surface area contributed by atoms with Gasteiger partial charge in [0.15, 0.2) is 5.79 Å². The van der Waals surface area contributed by atoms with Crippen LogP contribution in [0.3, 0.4) is 0 Å². The van der Waals surface area contributed by atoms with Crippen molar-refractivity contribution in [1.29, 1.82) is 0 Å². The molecule has 9 heteroatoms. The highest BCUT2D eigenvalue weighted by molar-refractivity contribution is 5.66. The average Bonchev–Trinajstić information content (AvgIpc) is 2.91. The third kappa shape index (κ3) is 5.70. The maximum absolute atomic E-state index is 11.7. The van der Waals surface area contributed by atoms with Gasteiger partial charge in [-0.1, -0.05) is 6.92 Å². The molecule has 9 atom stereocenters. The summed E-state index contributed by atoms with van der Waals surface area (Å²) in [5, 5.41) is 0. The first-order chi connectivity index (χ1) is 15.8. The van der Waals surface area contributed by atoms with Gasteiger partial charge in [0.05, 0.1) is 24.4 Å². The molecule has 4 heterocycles. The Bertz CT molecular complexity index is 699. The predicted molar refractivity (Wildman–Crippen MR) is 115 cm³/mol. The Hall–Kier alpha value is -1.26. The molecule has 0 aromatic heterocycles. The topological polar surface area (TPSA) is 98.8 Å². The molecule has 0 amide bonds. The third-order valence-corrected chi connectivity index (χ3v) is 7.30. The lowest BCUT2D eigenvalue weighted by molar-refractivity contribution is -0.363. The summed E-state index contributed by atoms with van der Waals surface area (Å²) in [5.41, 5.74) is 0. The molecule has 4 rings (SSSR count). The number of carbonyl (C=O) groups excluding carboxylic acids is 2. The van der Waals surface area contributed by atoms with Crippen molar-refractivity contribution in [2.75, 3.05) is 20.3 Å². The number of carbonyl (C=O) groups is 2. The van der Waals surface area contributed by atoms with E-state index in [0.29, 0.717) is 31.6 Å². The highest BCUT2D eigenvalue weighted by Crippen LogP contribution is 2.45. The van der Waals surface area contributed by atoms with Crippen molar-refractivity contribution in [2.45, 2.75) is 114 Å². The normalized spacial score (nSPS) is 43.5. The zero-order chi connectivity index (χ0) is 23.6. The van der Waals surface area contributed by atoms with Crippen LogP contribution in [0.15, 0.2) is 0 Å². The van der Waals surface area contributed by atoms with Crippen molar-refractivity contribution in [3.63, 3.8) is 0 Å². The van der Waals surface area contributed by atoms with Crippen LogP contribution < -0.4 is 0 Å². The van der Waals surface area contributed by atoms with Crippen molar-refractivity contribution in [2.24, 2.45) is 5.92 Å². The second-order valence-corrected chi connectivity index (χ2v) is 9.91. The van der Waals surface area contributed by atoms with E-state index in [1.165, 1.54) is 13.8 Å². The van der Waals surface area contributed by atoms with Gasteiger partial charge in [0.1, 0.15) is 24.9 Å². The molecular weight excluding hydrogens is 432 g/mol. The van der Waals surface area contributed by atoms with Gasteiger partial charge in [-0.25, -0.2) is 0 Å². The lowest BCUT2D eigenvalue weighted by Gasteiger charge is -2.52. The van der Waals surface area contributed by atoms with Crippen LogP contribution in [0, 0.1) is 5.92 Å². The number of rotatable bonds is 4. The minimum atomic E-state index is -0.862. The number of hydrogen-bond donors (Lipinski definition) is 0. The second kappa shape index (κ2) is 10.6. The van der Waals surface area contributed by atoms with E-state index in [-0.39, 0.29) is 37.1 Å². The molecule has 0 spiro atoms. The van der Waals surface area contributed by atoms with E-state index in [4.69, 9.17) is 33.2 Å². The van der Waals surface area contributed by atoms with Crippen molar-refractivity contribution >= 4 is 11.9 Å². The summed E-state index contributed by atoms with van der Waals surface area (Å²) in [6.45, 7) is 5.73. The maximum atomic E-state index is 11.7. The van der Waals surface area contributed by atoms with Crippen LogP contribution in [0.25, 0.3) is 0 Å². The Morgan fingerprint density at radius 1 is 0.970 bits per heavy atom. The van der Waals surface area contributed by atoms with E-state index in [1.54, 1.807) is 7.11 Å².